The van der Waals surface area contributed by atoms with E-state index in [1.165, 1.54) is 19.2 Å². The van der Waals surface area contributed by atoms with Crippen LogP contribution in [-0.4, -0.2) is 18.3 Å². The minimum absolute atomic E-state index is 0.161. The van der Waals surface area contributed by atoms with Crippen LogP contribution in [0.2, 0.25) is 0 Å². The van der Waals surface area contributed by atoms with E-state index < -0.39 is 16.8 Å². The van der Waals surface area contributed by atoms with Gasteiger partial charge in [-0.1, -0.05) is 0 Å². The summed E-state index contributed by atoms with van der Waals surface area (Å²) in [6.07, 6.45) is 0. The number of anilines is 1. The van der Waals surface area contributed by atoms with Gasteiger partial charge in [0.05, 0.1) is 4.90 Å². The van der Waals surface area contributed by atoms with Crippen molar-refractivity contribution in [3.63, 3.8) is 0 Å². The van der Waals surface area contributed by atoms with Crippen molar-refractivity contribution >= 4 is 16.7 Å². The Balaban J connectivity index is 3.11. The third-order valence-corrected chi connectivity index (χ3v) is 2.69. The summed E-state index contributed by atoms with van der Waals surface area (Å²) in [7, 11) is 1.76. The molecule has 0 bridgehead atoms. The van der Waals surface area contributed by atoms with E-state index in [0.717, 1.165) is 5.69 Å². The summed E-state index contributed by atoms with van der Waals surface area (Å²) < 4.78 is 26.8. The summed E-state index contributed by atoms with van der Waals surface area (Å²) in [5.41, 5.74) is 0.736. The molecular formula is C8H11FN2OS. The van der Waals surface area contributed by atoms with Crippen LogP contribution in [0.15, 0.2) is 23.1 Å². The first-order valence-corrected chi connectivity index (χ1v) is 4.90. The highest BCUT2D eigenvalue weighted by Crippen LogP contribution is 2.16. The van der Waals surface area contributed by atoms with Crippen LogP contribution in [0.25, 0.3) is 0 Å². The molecule has 0 aromatic heterocycles. The summed E-state index contributed by atoms with van der Waals surface area (Å²) in [6, 6.07) is 4.39. The smallest absolute Gasteiger partial charge is 0.140 e. The fraction of sp³-hybridized carbons (Fsp3) is 0.250. The summed E-state index contributed by atoms with van der Waals surface area (Å²) in [5, 5.41) is 2.84. The second kappa shape index (κ2) is 4.34. The maximum Gasteiger partial charge on any atom is 0.140 e. The van der Waals surface area contributed by atoms with E-state index in [-0.39, 0.29) is 4.90 Å². The molecule has 1 aromatic rings. The Labute approximate surface area is 78.9 Å². The molecule has 0 aliphatic heterocycles. The fourth-order valence-electron chi connectivity index (χ4n) is 0.911. The van der Waals surface area contributed by atoms with E-state index in [0.29, 0.717) is 0 Å². The lowest BCUT2D eigenvalue weighted by Gasteiger charge is -2.04. The molecule has 0 amide bonds. The number of hydrogen-bond donors (Lipinski definition) is 2. The van der Waals surface area contributed by atoms with E-state index in [2.05, 4.69) is 10.0 Å². The van der Waals surface area contributed by atoms with Gasteiger partial charge in [-0.05, 0) is 25.2 Å². The highest BCUT2D eigenvalue weighted by atomic mass is 32.2. The number of halogens is 1. The predicted octanol–water partition coefficient (Wildman–Crippen LogP) is 1.11. The first kappa shape index (κ1) is 10.1. The van der Waals surface area contributed by atoms with Crippen molar-refractivity contribution in [1.82, 2.24) is 4.72 Å². The highest BCUT2D eigenvalue weighted by molar-refractivity contribution is 7.83. The van der Waals surface area contributed by atoms with Crippen LogP contribution < -0.4 is 10.0 Å². The van der Waals surface area contributed by atoms with Crippen LogP contribution in [0.1, 0.15) is 0 Å². The number of hydrogen-bond acceptors (Lipinski definition) is 2. The molecule has 5 heteroatoms. The van der Waals surface area contributed by atoms with Crippen molar-refractivity contribution in [2.45, 2.75) is 4.90 Å². The summed E-state index contributed by atoms with van der Waals surface area (Å²) in [4.78, 5) is 0.161. The molecule has 0 spiro atoms. The Morgan fingerprint density at radius 2 is 2.08 bits per heavy atom. The third kappa shape index (κ3) is 2.26. The van der Waals surface area contributed by atoms with Crippen molar-refractivity contribution in [3.8, 4) is 0 Å². The third-order valence-electron chi connectivity index (χ3n) is 1.61. The Morgan fingerprint density at radius 1 is 1.38 bits per heavy atom. The molecule has 0 aliphatic carbocycles. The lowest BCUT2D eigenvalue weighted by atomic mass is 10.3. The van der Waals surface area contributed by atoms with Crippen LogP contribution in [0.3, 0.4) is 0 Å². The van der Waals surface area contributed by atoms with Gasteiger partial charge in [-0.2, -0.15) is 0 Å². The summed E-state index contributed by atoms with van der Waals surface area (Å²) in [6.45, 7) is 0. The molecule has 0 heterocycles. The predicted molar refractivity (Wildman–Crippen MR) is 51.4 cm³/mol. The number of nitrogens with one attached hydrogen (secondary N) is 2. The van der Waals surface area contributed by atoms with Gasteiger partial charge < -0.3 is 5.32 Å². The normalized spacial score (nSPS) is 12.5. The second-order valence-corrected chi connectivity index (χ2v) is 3.75. The minimum Gasteiger partial charge on any atom is -0.388 e. The number of benzene rings is 1. The molecule has 1 unspecified atom stereocenters. The standard InChI is InChI=1S/C8H11FN2OS/c1-10-6-3-4-7(9)8(5-6)13(12)11-2/h3-5,10-11H,1-2H3. The van der Waals surface area contributed by atoms with Crippen molar-refractivity contribution in [2.75, 3.05) is 19.4 Å². The van der Waals surface area contributed by atoms with Gasteiger partial charge in [-0.15, -0.1) is 0 Å². The molecule has 1 rings (SSSR count). The van der Waals surface area contributed by atoms with Crippen LogP contribution in [0, 0.1) is 5.82 Å². The van der Waals surface area contributed by atoms with E-state index in [1.54, 1.807) is 13.1 Å². The zero-order valence-corrected chi connectivity index (χ0v) is 8.24. The van der Waals surface area contributed by atoms with E-state index in [4.69, 9.17) is 0 Å². The van der Waals surface area contributed by atoms with Gasteiger partial charge in [0.15, 0.2) is 0 Å². The topological polar surface area (TPSA) is 41.1 Å². The van der Waals surface area contributed by atoms with Gasteiger partial charge >= 0.3 is 0 Å². The monoisotopic (exact) mass is 202 g/mol. The second-order valence-electron chi connectivity index (χ2n) is 2.37. The van der Waals surface area contributed by atoms with E-state index in [1.807, 2.05) is 0 Å². The quantitative estimate of drug-likeness (QED) is 0.771. The average molecular weight is 202 g/mol. The van der Waals surface area contributed by atoms with Crippen molar-refractivity contribution in [1.29, 1.82) is 0 Å². The fourth-order valence-corrected chi connectivity index (χ4v) is 1.61. The summed E-state index contributed by atoms with van der Waals surface area (Å²) in [5.74, 6) is -0.466. The lowest BCUT2D eigenvalue weighted by Crippen LogP contribution is -2.12. The van der Waals surface area contributed by atoms with Crippen molar-refractivity contribution in [2.24, 2.45) is 0 Å². The molecular weight excluding hydrogens is 191 g/mol. The van der Waals surface area contributed by atoms with Gasteiger partial charge in [-0.3, -0.25) is 0 Å². The molecule has 3 nitrogen and oxygen atoms in total. The Morgan fingerprint density at radius 3 is 2.62 bits per heavy atom. The molecule has 0 saturated heterocycles. The van der Waals surface area contributed by atoms with Gasteiger partial charge in [0.25, 0.3) is 0 Å². The molecule has 1 atom stereocenters. The zero-order chi connectivity index (χ0) is 9.84. The Bertz CT molecular complexity index is 330. The molecule has 0 fully saturated rings. The van der Waals surface area contributed by atoms with Crippen molar-refractivity contribution < 1.29 is 8.60 Å². The van der Waals surface area contributed by atoms with Gasteiger partial charge in [0.2, 0.25) is 0 Å². The van der Waals surface area contributed by atoms with Crippen LogP contribution in [-0.2, 0) is 11.0 Å². The molecule has 72 valence electrons. The largest absolute Gasteiger partial charge is 0.388 e. The number of rotatable bonds is 3. The summed E-state index contributed by atoms with van der Waals surface area (Å²) >= 11 is 0. The van der Waals surface area contributed by atoms with Gasteiger partial charge in [-0.25, -0.2) is 13.3 Å². The van der Waals surface area contributed by atoms with Crippen LogP contribution in [0.4, 0.5) is 10.1 Å². The molecule has 0 aliphatic rings. The molecule has 13 heavy (non-hydrogen) atoms. The first-order chi connectivity index (χ1) is 6.19. The maximum atomic E-state index is 13.1. The molecule has 0 saturated carbocycles. The SMILES string of the molecule is CNc1ccc(F)c(S(=O)NC)c1. The minimum atomic E-state index is -1.48. The molecule has 1 aromatic carbocycles. The lowest BCUT2D eigenvalue weighted by molar-refractivity contribution is 0.594. The average Bonchev–Trinajstić information content (AvgIpc) is 2.17. The maximum absolute atomic E-state index is 13.1. The zero-order valence-electron chi connectivity index (χ0n) is 7.43. The Hall–Kier alpha value is -0.940. The van der Waals surface area contributed by atoms with Crippen LogP contribution in [0.5, 0.6) is 0 Å². The van der Waals surface area contributed by atoms with Crippen LogP contribution >= 0.6 is 0 Å². The van der Waals surface area contributed by atoms with E-state index >= 15 is 0 Å². The highest BCUT2D eigenvalue weighted by Gasteiger charge is 2.08. The van der Waals surface area contributed by atoms with Crippen molar-refractivity contribution in [3.05, 3.63) is 24.0 Å². The molecule has 0 radical (unpaired) electrons. The molecule has 2 N–H and O–H groups in total. The van der Waals surface area contributed by atoms with Gasteiger partial charge in [0.1, 0.15) is 16.8 Å². The van der Waals surface area contributed by atoms with Gasteiger partial charge in [0, 0.05) is 12.7 Å². The Kier molecular flexibility index (Phi) is 3.39. The first-order valence-electron chi connectivity index (χ1n) is 3.75. The van der Waals surface area contributed by atoms with E-state index in [9.17, 15) is 8.60 Å².